The molecule has 0 amide bonds. The predicted octanol–water partition coefficient (Wildman–Crippen LogP) is 3.69. The van der Waals surface area contributed by atoms with E-state index < -0.39 is 5.82 Å². The van der Waals surface area contributed by atoms with Gasteiger partial charge in [0, 0.05) is 50.4 Å². The van der Waals surface area contributed by atoms with Gasteiger partial charge in [0.15, 0.2) is 11.5 Å². The first kappa shape index (κ1) is 19.3. The summed E-state index contributed by atoms with van der Waals surface area (Å²) in [6, 6.07) is 20.2. The van der Waals surface area contributed by atoms with E-state index in [1.165, 1.54) is 5.69 Å². The number of para-hydroxylation sites is 1. The molecule has 3 aromatic rings. The van der Waals surface area contributed by atoms with Gasteiger partial charge < -0.3 is 13.7 Å². The molecule has 0 aliphatic carbocycles. The molecule has 1 saturated heterocycles. The van der Waals surface area contributed by atoms with Crippen LogP contribution in [0.2, 0.25) is 0 Å². The van der Waals surface area contributed by atoms with Gasteiger partial charge in [-0.25, -0.2) is 4.79 Å². The van der Waals surface area contributed by atoms with Crippen molar-refractivity contribution < 1.29 is 8.83 Å². The van der Waals surface area contributed by atoms with Crippen molar-refractivity contribution in [2.75, 3.05) is 37.6 Å². The lowest BCUT2D eigenvalue weighted by atomic mass is 10.1. The highest BCUT2D eigenvalue weighted by Gasteiger charge is 2.20. The van der Waals surface area contributed by atoms with Crippen LogP contribution in [0.4, 0.5) is 5.69 Å². The van der Waals surface area contributed by atoms with Gasteiger partial charge in [-0.3, -0.25) is 4.90 Å². The summed E-state index contributed by atoms with van der Waals surface area (Å²) >= 11 is 0. The van der Waals surface area contributed by atoms with Crippen LogP contribution in [0, 0.1) is 0 Å². The molecule has 1 aliphatic rings. The molecular weight excluding hydrogens is 364 g/mol. The van der Waals surface area contributed by atoms with Crippen LogP contribution in [0.25, 0.3) is 11.3 Å². The minimum atomic E-state index is -0.632. The highest BCUT2D eigenvalue weighted by molar-refractivity contribution is 5.85. The molecule has 6 heteroatoms. The molecule has 142 valence electrons. The average Bonchev–Trinajstić information content (AvgIpc) is 3.09. The Hall–Kier alpha value is -2.50. The van der Waals surface area contributed by atoms with Crippen molar-refractivity contribution in [2.45, 2.75) is 6.42 Å². The maximum Gasteiger partial charge on any atom is 0.519 e. The van der Waals surface area contributed by atoms with E-state index in [4.69, 9.17) is 8.83 Å². The van der Waals surface area contributed by atoms with Gasteiger partial charge >= 0.3 is 5.82 Å². The molecule has 2 aromatic carbocycles. The molecule has 1 aliphatic heterocycles. The highest BCUT2D eigenvalue weighted by atomic mass is 35.5. The molecule has 1 aromatic heterocycles. The van der Waals surface area contributed by atoms with Crippen LogP contribution in [-0.4, -0.2) is 37.6 Å². The van der Waals surface area contributed by atoms with E-state index in [9.17, 15) is 4.79 Å². The monoisotopic (exact) mass is 386 g/mol. The summed E-state index contributed by atoms with van der Waals surface area (Å²) in [6.45, 7) is 4.86. The summed E-state index contributed by atoms with van der Waals surface area (Å²) in [4.78, 5) is 16.4. The number of hydrogen-bond donors (Lipinski definition) is 0. The third-order valence-electron chi connectivity index (χ3n) is 4.83. The van der Waals surface area contributed by atoms with Crippen molar-refractivity contribution in [3.8, 4) is 11.3 Å². The van der Waals surface area contributed by atoms with E-state index in [0.29, 0.717) is 17.9 Å². The average molecular weight is 387 g/mol. The van der Waals surface area contributed by atoms with Gasteiger partial charge in [0.2, 0.25) is 0 Å². The molecule has 0 bridgehead atoms. The Bertz CT molecular complexity index is 885. The van der Waals surface area contributed by atoms with Gasteiger partial charge in [0.1, 0.15) is 0 Å². The van der Waals surface area contributed by atoms with Crippen LogP contribution in [0.3, 0.4) is 0 Å². The first-order valence-electron chi connectivity index (χ1n) is 9.00. The van der Waals surface area contributed by atoms with Crippen LogP contribution in [-0.2, 0) is 6.42 Å². The zero-order valence-electron chi connectivity index (χ0n) is 15.0. The molecule has 0 atom stereocenters. The summed E-state index contributed by atoms with van der Waals surface area (Å²) < 4.78 is 10.6. The molecule has 2 heterocycles. The van der Waals surface area contributed by atoms with Crippen molar-refractivity contribution in [2.24, 2.45) is 0 Å². The quantitative estimate of drug-likeness (QED) is 0.669. The molecule has 0 saturated carbocycles. The summed E-state index contributed by atoms with van der Waals surface area (Å²) in [5.41, 5.74) is 2.15. The zero-order chi connectivity index (χ0) is 17.8. The largest absolute Gasteiger partial charge is 0.519 e. The first-order chi connectivity index (χ1) is 12.8. The second kappa shape index (κ2) is 8.93. The normalized spacial score (nSPS) is 14.7. The minimum absolute atomic E-state index is 0. The smallest absolute Gasteiger partial charge is 0.395 e. The molecule has 0 unspecified atom stereocenters. The van der Waals surface area contributed by atoms with Gasteiger partial charge in [0.25, 0.3) is 0 Å². The maximum atomic E-state index is 11.6. The Kier molecular flexibility index (Phi) is 6.37. The van der Waals surface area contributed by atoms with Gasteiger partial charge in [-0.05, 0) is 12.1 Å². The number of benzene rings is 2. The highest BCUT2D eigenvalue weighted by Crippen LogP contribution is 2.23. The summed E-state index contributed by atoms with van der Waals surface area (Å²) in [6.07, 6.45) is 0.668. The van der Waals surface area contributed by atoms with Crippen molar-refractivity contribution >= 4 is 18.1 Å². The molecule has 5 nitrogen and oxygen atoms in total. The molecule has 0 radical (unpaired) electrons. The molecule has 0 N–H and O–H groups in total. The molecular formula is C21H23ClN2O3. The van der Waals surface area contributed by atoms with E-state index in [1.54, 1.807) is 0 Å². The zero-order valence-corrected chi connectivity index (χ0v) is 15.9. The summed E-state index contributed by atoms with van der Waals surface area (Å²) in [5, 5.41) is 0. The van der Waals surface area contributed by atoms with E-state index in [0.717, 1.165) is 38.3 Å². The Balaban J connectivity index is 0.00000210. The van der Waals surface area contributed by atoms with Crippen LogP contribution in [0.5, 0.6) is 0 Å². The van der Waals surface area contributed by atoms with E-state index in [1.807, 2.05) is 36.4 Å². The van der Waals surface area contributed by atoms with E-state index in [-0.39, 0.29) is 12.4 Å². The molecule has 1 fully saturated rings. The van der Waals surface area contributed by atoms with Crippen LogP contribution >= 0.6 is 12.4 Å². The predicted molar refractivity (Wildman–Crippen MR) is 109 cm³/mol. The van der Waals surface area contributed by atoms with E-state index in [2.05, 4.69) is 34.1 Å². The van der Waals surface area contributed by atoms with Crippen molar-refractivity contribution in [3.63, 3.8) is 0 Å². The number of piperazine rings is 1. The molecule has 4 rings (SSSR count). The Morgan fingerprint density at radius 2 is 1.44 bits per heavy atom. The number of hydrogen-bond acceptors (Lipinski definition) is 5. The van der Waals surface area contributed by atoms with Crippen molar-refractivity contribution in [1.29, 1.82) is 0 Å². The maximum absolute atomic E-state index is 11.6. The Morgan fingerprint density at radius 3 is 2.11 bits per heavy atom. The van der Waals surface area contributed by atoms with Crippen molar-refractivity contribution in [3.05, 3.63) is 77.0 Å². The number of nitrogens with zero attached hydrogens (tertiary/aromatic N) is 2. The van der Waals surface area contributed by atoms with Gasteiger partial charge in [0.05, 0.1) is 0 Å². The van der Waals surface area contributed by atoms with E-state index >= 15 is 0 Å². The lowest BCUT2D eigenvalue weighted by molar-refractivity contribution is 0.254. The van der Waals surface area contributed by atoms with Crippen LogP contribution < -0.4 is 10.7 Å². The SMILES string of the molecule is Cl.O=c1oc(CCN2CCN(c3ccccc3)CC2)c(-c2ccccc2)o1. The minimum Gasteiger partial charge on any atom is -0.395 e. The Morgan fingerprint density at radius 1 is 0.815 bits per heavy atom. The third-order valence-corrected chi connectivity index (χ3v) is 4.83. The summed E-state index contributed by atoms with van der Waals surface area (Å²) in [5.74, 6) is 0.554. The van der Waals surface area contributed by atoms with Crippen LogP contribution in [0.1, 0.15) is 5.76 Å². The lowest BCUT2D eigenvalue weighted by Crippen LogP contribution is -2.47. The standard InChI is InChI=1S/C21H22N2O3.ClH/c24-21-25-19(20(26-21)17-7-3-1-4-8-17)11-12-22-13-15-23(16-14-22)18-9-5-2-6-10-18;/h1-10H,11-16H2;1H. The lowest BCUT2D eigenvalue weighted by Gasteiger charge is -2.36. The Labute approximate surface area is 164 Å². The van der Waals surface area contributed by atoms with Crippen LogP contribution in [0.15, 0.2) is 74.3 Å². The number of halogens is 1. The molecule has 0 spiro atoms. The second-order valence-corrected chi connectivity index (χ2v) is 6.49. The fourth-order valence-corrected chi connectivity index (χ4v) is 3.41. The van der Waals surface area contributed by atoms with Gasteiger partial charge in [-0.2, -0.15) is 0 Å². The third kappa shape index (κ3) is 4.62. The fraction of sp³-hybridized carbons (Fsp3) is 0.286. The topological polar surface area (TPSA) is 49.8 Å². The fourth-order valence-electron chi connectivity index (χ4n) is 3.41. The van der Waals surface area contributed by atoms with Crippen molar-refractivity contribution in [1.82, 2.24) is 4.90 Å². The first-order valence-corrected chi connectivity index (χ1v) is 9.00. The number of anilines is 1. The second-order valence-electron chi connectivity index (χ2n) is 6.49. The van der Waals surface area contributed by atoms with Gasteiger partial charge in [-0.15, -0.1) is 12.4 Å². The van der Waals surface area contributed by atoms with Gasteiger partial charge in [-0.1, -0.05) is 48.5 Å². The number of rotatable bonds is 5. The summed E-state index contributed by atoms with van der Waals surface area (Å²) in [7, 11) is 0. The molecule has 27 heavy (non-hydrogen) atoms.